The molecule has 0 unspecified atom stereocenters. The first-order chi connectivity index (χ1) is 18.4. The summed E-state index contributed by atoms with van der Waals surface area (Å²) in [6, 6.07) is 23.8. The second kappa shape index (κ2) is 13.8. The average molecular weight is 518 g/mol. The Morgan fingerprint density at radius 3 is 1.87 bits per heavy atom. The summed E-state index contributed by atoms with van der Waals surface area (Å²) in [5.41, 5.74) is 18.9. The third-order valence-electron chi connectivity index (χ3n) is 6.37. The number of aliphatic hydroxyl groups is 1. The Morgan fingerprint density at radius 2 is 1.42 bits per heavy atom. The van der Waals surface area contributed by atoms with Crippen molar-refractivity contribution in [2.24, 2.45) is 22.2 Å². The van der Waals surface area contributed by atoms with Crippen LogP contribution in [0.3, 0.4) is 0 Å². The minimum absolute atomic E-state index is 0.0618. The van der Waals surface area contributed by atoms with Crippen molar-refractivity contribution in [3.8, 4) is 5.75 Å². The maximum absolute atomic E-state index is 14.5. The lowest BCUT2D eigenvalue weighted by Gasteiger charge is -2.38. The third-order valence-corrected chi connectivity index (χ3v) is 6.37. The van der Waals surface area contributed by atoms with E-state index in [9.17, 15) is 14.7 Å². The van der Waals surface area contributed by atoms with Crippen molar-refractivity contribution in [2.45, 2.75) is 30.8 Å². The van der Waals surface area contributed by atoms with Crippen molar-refractivity contribution < 1.29 is 19.4 Å². The number of methoxy groups -OCH3 is 1. The van der Waals surface area contributed by atoms with E-state index in [1.54, 1.807) is 31.4 Å². The van der Waals surface area contributed by atoms with Crippen LogP contribution in [0, 0.1) is 0 Å². The summed E-state index contributed by atoms with van der Waals surface area (Å²) in [7, 11) is 1.55. The van der Waals surface area contributed by atoms with E-state index in [1.165, 1.54) is 4.90 Å². The van der Waals surface area contributed by atoms with Gasteiger partial charge in [0.15, 0.2) is 5.96 Å². The van der Waals surface area contributed by atoms with Gasteiger partial charge in [0, 0.05) is 6.54 Å². The summed E-state index contributed by atoms with van der Waals surface area (Å²) in [5.74, 6) is -1.21. The first kappa shape index (κ1) is 28.2. The fraction of sp³-hybridized carbons (Fsp3) is 0.276. The SMILES string of the molecule is COc1ccc([C@@H](CO)N(C(=O)C(c2ccccc2)c2ccccc2)[C@H](CCCN=C(N)N)C(N)=O)cc1. The smallest absolute Gasteiger partial charge is 0.240 e. The third kappa shape index (κ3) is 7.10. The molecule has 0 saturated heterocycles. The van der Waals surface area contributed by atoms with Crippen molar-refractivity contribution >= 4 is 17.8 Å². The molecule has 3 aromatic carbocycles. The predicted molar refractivity (Wildman–Crippen MR) is 147 cm³/mol. The minimum Gasteiger partial charge on any atom is -0.497 e. The Kier molecular flexibility index (Phi) is 10.2. The number of ether oxygens (including phenoxy) is 1. The highest BCUT2D eigenvalue weighted by Crippen LogP contribution is 2.34. The number of nitrogens with two attached hydrogens (primary N) is 3. The van der Waals surface area contributed by atoms with Crippen LogP contribution in [-0.2, 0) is 9.59 Å². The number of carbonyl (C=O) groups excluding carboxylic acids is 2. The summed E-state index contributed by atoms with van der Waals surface area (Å²) < 4.78 is 5.26. The molecule has 0 heterocycles. The maximum Gasteiger partial charge on any atom is 0.240 e. The Hall–Kier alpha value is -4.37. The van der Waals surface area contributed by atoms with Gasteiger partial charge in [-0.1, -0.05) is 72.8 Å². The van der Waals surface area contributed by atoms with E-state index in [-0.39, 0.29) is 24.8 Å². The molecule has 200 valence electrons. The lowest BCUT2D eigenvalue weighted by molar-refractivity contribution is -0.144. The highest BCUT2D eigenvalue weighted by Gasteiger charge is 2.39. The molecule has 3 aromatic rings. The van der Waals surface area contributed by atoms with Crippen LogP contribution in [0.5, 0.6) is 5.75 Å². The number of carbonyl (C=O) groups is 2. The summed E-state index contributed by atoms with van der Waals surface area (Å²) >= 11 is 0. The molecule has 0 aliphatic heterocycles. The molecule has 3 rings (SSSR count). The number of aliphatic hydroxyl groups excluding tert-OH is 1. The topological polar surface area (TPSA) is 157 Å². The summed E-state index contributed by atoms with van der Waals surface area (Å²) in [5, 5.41) is 10.6. The fourth-order valence-electron chi connectivity index (χ4n) is 4.53. The molecule has 9 heteroatoms. The normalized spacial score (nSPS) is 12.4. The first-order valence-corrected chi connectivity index (χ1v) is 12.4. The maximum atomic E-state index is 14.5. The summed E-state index contributed by atoms with van der Waals surface area (Å²) in [4.78, 5) is 32.8. The molecule has 7 N–H and O–H groups in total. The van der Waals surface area contributed by atoms with Crippen molar-refractivity contribution in [2.75, 3.05) is 20.3 Å². The zero-order valence-electron chi connectivity index (χ0n) is 21.4. The number of rotatable bonds is 13. The van der Waals surface area contributed by atoms with Gasteiger partial charge in [-0.15, -0.1) is 0 Å². The molecule has 0 aromatic heterocycles. The van der Waals surface area contributed by atoms with Crippen LogP contribution in [0.25, 0.3) is 0 Å². The molecule has 0 spiro atoms. The van der Waals surface area contributed by atoms with Gasteiger partial charge in [0.1, 0.15) is 11.8 Å². The molecule has 0 saturated carbocycles. The van der Waals surface area contributed by atoms with Gasteiger partial charge in [0.2, 0.25) is 11.8 Å². The Balaban J connectivity index is 2.12. The van der Waals surface area contributed by atoms with E-state index in [0.29, 0.717) is 17.7 Å². The summed E-state index contributed by atoms with van der Waals surface area (Å²) in [6.45, 7) is -0.159. The molecular weight excluding hydrogens is 482 g/mol. The molecule has 38 heavy (non-hydrogen) atoms. The molecule has 0 aliphatic rings. The van der Waals surface area contributed by atoms with Crippen molar-refractivity contribution in [1.29, 1.82) is 0 Å². The highest BCUT2D eigenvalue weighted by molar-refractivity contribution is 5.92. The Labute approximate surface area is 222 Å². The number of aliphatic imine (C=N–C) groups is 1. The standard InChI is InChI=1S/C29H35N5O4/c1-38-23-16-14-20(15-17-23)25(19-35)34(24(27(30)36)13-8-18-33-29(31)32)28(37)26(21-9-4-2-5-10-21)22-11-6-3-7-12-22/h2-7,9-12,14-17,24-26,35H,8,13,18-19H2,1H3,(H2,30,36)(H4,31,32,33)/t24-,25-/m1/s1. The number of hydrogen-bond donors (Lipinski definition) is 4. The fourth-order valence-corrected chi connectivity index (χ4v) is 4.53. The Bertz CT molecular complexity index is 1160. The van der Waals surface area contributed by atoms with Crippen LogP contribution in [0.4, 0.5) is 0 Å². The van der Waals surface area contributed by atoms with Crippen LogP contribution >= 0.6 is 0 Å². The largest absolute Gasteiger partial charge is 0.497 e. The van der Waals surface area contributed by atoms with Crippen LogP contribution in [0.1, 0.15) is 41.5 Å². The molecule has 2 amide bonds. The van der Waals surface area contributed by atoms with Gasteiger partial charge in [0.25, 0.3) is 0 Å². The number of nitrogens with zero attached hydrogens (tertiary/aromatic N) is 2. The lowest BCUT2D eigenvalue weighted by Crippen LogP contribution is -2.52. The number of benzene rings is 3. The van der Waals surface area contributed by atoms with Gasteiger partial charge >= 0.3 is 0 Å². The van der Waals surface area contributed by atoms with E-state index < -0.39 is 30.5 Å². The second-order valence-electron chi connectivity index (χ2n) is 8.84. The molecule has 9 nitrogen and oxygen atoms in total. The van der Waals surface area contributed by atoms with Gasteiger partial charge < -0.3 is 31.9 Å². The molecule has 0 radical (unpaired) electrons. The van der Waals surface area contributed by atoms with E-state index in [0.717, 1.165) is 11.1 Å². The van der Waals surface area contributed by atoms with Crippen molar-refractivity contribution in [3.05, 3.63) is 102 Å². The Morgan fingerprint density at radius 1 is 0.868 bits per heavy atom. The van der Waals surface area contributed by atoms with Gasteiger partial charge in [-0.25, -0.2) is 0 Å². The average Bonchev–Trinajstić information content (AvgIpc) is 2.93. The van der Waals surface area contributed by atoms with E-state index in [2.05, 4.69) is 4.99 Å². The predicted octanol–water partition coefficient (Wildman–Crippen LogP) is 2.30. The number of hydrogen-bond acceptors (Lipinski definition) is 5. The molecule has 0 fully saturated rings. The number of primary amides is 1. The lowest BCUT2D eigenvalue weighted by atomic mass is 9.88. The molecule has 0 aliphatic carbocycles. The van der Waals surface area contributed by atoms with E-state index in [1.807, 2.05) is 60.7 Å². The first-order valence-electron chi connectivity index (χ1n) is 12.4. The molecule has 2 atom stereocenters. The summed E-state index contributed by atoms with van der Waals surface area (Å²) in [6.07, 6.45) is 0.609. The molecule has 0 bridgehead atoms. The van der Waals surface area contributed by atoms with Crippen molar-refractivity contribution in [1.82, 2.24) is 4.90 Å². The van der Waals surface area contributed by atoms with Crippen LogP contribution < -0.4 is 21.9 Å². The van der Waals surface area contributed by atoms with Crippen LogP contribution in [0.2, 0.25) is 0 Å². The zero-order chi connectivity index (χ0) is 27.5. The minimum atomic E-state index is -1.02. The number of guanidine groups is 1. The van der Waals surface area contributed by atoms with Gasteiger partial charge in [-0.3, -0.25) is 14.6 Å². The van der Waals surface area contributed by atoms with Crippen molar-refractivity contribution in [3.63, 3.8) is 0 Å². The number of amides is 2. The van der Waals surface area contributed by atoms with Crippen LogP contribution in [-0.4, -0.2) is 54.1 Å². The second-order valence-corrected chi connectivity index (χ2v) is 8.84. The zero-order valence-corrected chi connectivity index (χ0v) is 21.4. The molecular formula is C29H35N5O4. The van der Waals surface area contributed by atoms with Gasteiger partial charge in [0.05, 0.1) is 25.7 Å². The quantitative estimate of drug-likeness (QED) is 0.155. The van der Waals surface area contributed by atoms with Gasteiger partial charge in [-0.2, -0.15) is 0 Å². The van der Waals surface area contributed by atoms with Crippen LogP contribution in [0.15, 0.2) is 89.9 Å². The van der Waals surface area contributed by atoms with E-state index in [4.69, 9.17) is 21.9 Å². The highest BCUT2D eigenvalue weighted by atomic mass is 16.5. The monoisotopic (exact) mass is 517 g/mol. The van der Waals surface area contributed by atoms with Gasteiger partial charge in [-0.05, 0) is 41.7 Å². The van der Waals surface area contributed by atoms with E-state index >= 15 is 0 Å².